The van der Waals surface area contributed by atoms with E-state index in [1.807, 2.05) is 12.1 Å². The summed E-state index contributed by atoms with van der Waals surface area (Å²) < 4.78 is 17.2. The first-order chi connectivity index (χ1) is 13.2. The van der Waals surface area contributed by atoms with Crippen LogP contribution in [-0.2, 0) is 6.54 Å². The number of urea groups is 1. The van der Waals surface area contributed by atoms with Gasteiger partial charge in [0.1, 0.15) is 5.75 Å². The zero-order valence-corrected chi connectivity index (χ0v) is 14.4. The van der Waals surface area contributed by atoms with Gasteiger partial charge in [0.05, 0.1) is 19.3 Å². The summed E-state index contributed by atoms with van der Waals surface area (Å²) in [6.45, 7) is 0.328. The molecule has 0 spiro atoms. The molecule has 0 bridgehead atoms. The number of nitrogens with zero attached hydrogens (tertiary/aromatic N) is 4. The molecule has 2 aromatic carbocycles. The van der Waals surface area contributed by atoms with Crippen LogP contribution in [0.2, 0.25) is 0 Å². The van der Waals surface area contributed by atoms with Crippen molar-refractivity contribution < 1.29 is 19.0 Å². The van der Waals surface area contributed by atoms with Gasteiger partial charge in [-0.05, 0) is 46.8 Å². The van der Waals surface area contributed by atoms with E-state index in [0.29, 0.717) is 23.0 Å². The summed E-state index contributed by atoms with van der Waals surface area (Å²) in [5.41, 5.74) is 1.35. The molecule has 0 aliphatic carbocycles. The highest BCUT2D eigenvalue weighted by molar-refractivity contribution is 5.89. The summed E-state index contributed by atoms with van der Waals surface area (Å²) >= 11 is 0. The molecule has 138 valence electrons. The highest BCUT2D eigenvalue weighted by Gasteiger charge is 2.15. The number of hydrogen-bond donors (Lipinski definition) is 2. The first kappa shape index (κ1) is 16.6. The highest BCUT2D eigenvalue weighted by atomic mass is 16.7. The fourth-order valence-corrected chi connectivity index (χ4v) is 2.55. The number of carbonyl (C=O) groups excluding carboxylic acids is 1. The van der Waals surface area contributed by atoms with Crippen molar-refractivity contribution in [1.82, 2.24) is 25.5 Å². The van der Waals surface area contributed by atoms with Gasteiger partial charge in [0, 0.05) is 11.8 Å². The summed E-state index contributed by atoms with van der Waals surface area (Å²) in [5.74, 6) is 2.46. The lowest BCUT2D eigenvalue weighted by molar-refractivity contribution is 0.174. The first-order valence-electron chi connectivity index (χ1n) is 8.09. The van der Waals surface area contributed by atoms with E-state index in [1.165, 1.54) is 0 Å². The molecule has 0 atom stereocenters. The Bertz CT molecular complexity index is 956. The average Bonchev–Trinajstić information content (AvgIpc) is 3.35. The first-order valence-corrected chi connectivity index (χ1v) is 8.09. The summed E-state index contributed by atoms with van der Waals surface area (Å²) in [5, 5.41) is 17.0. The Labute approximate surface area is 154 Å². The monoisotopic (exact) mass is 368 g/mol. The number of aromatic nitrogens is 4. The lowest BCUT2D eigenvalue weighted by atomic mass is 10.3. The quantitative estimate of drug-likeness (QED) is 0.705. The molecule has 0 fully saturated rings. The van der Waals surface area contributed by atoms with Crippen LogP contribution in [0.4, 0.5) is 10.5 Å². The third kappa shape index (κ3) is 3.59. The molecule has 0 radical (unpaired) electrons. The smallest absolute Gasteiger partial charge is 0.319 e. The topological polar surface area (TPSA) is 112 Å². The fraction of sp³-hybridized carbons (Fsp3) is 0.176. The lowest BCUT2D eigenvalue weighted by Crippen LogP contribution is -2.29. The van der Waals surface area contributed by atoms with Gasteiger partial charge in [0.25, 0.3) is 0 Å². The molecular weight excluding hydrogens is 352 g/mol. The molecule has 4 rings (SSSR count). The molecule has 3 aromatic rings. The van der Waals surface area contributed by atoms with Crippen LogP contribution >= 0.6 is 0 Å². The normalized spacial score (nSPS) is 11.9. The maximum Gasteiger partial charge on any atom is 0.319 e. The van der Waals surface area contributed by atoms with Crippen molar-refractivity contribution in [2.24, 2.45) is 0 Å². The van der Waals surface area contributed by atoms with E-state index < -0.39 is 6.03 Å². The second kappa shape index (κ2) is 7.20. The zero-order valence-electron chi connectivity index (χ0n) is 14.4. The third-order valence-corrected chi connectivity index (χ3v) is 3.89. The number of amides is 2. The van der Waals surface area contributed by atoms with Crippen molar-refractivity contribution in [2.75, 3.05) is 19.2 Å². The van der Waals surface area contributed by atoms with E-state index in [2.05, 4.69) is 26.2 Å². The molecule has 0 saturated carbocycles. The van der Waals surface area contributed by atoms with E-state index in [1.54, 1.807) is 42.1 Å². The van der Waals surface area contributed by atoms with Crippen LogP contribution in [0.1, 0.15) is 5.82 Å². The minimum Gasteiger partial charge on any atom is -0.497 e. The predicted molar refractivity (Wildman–Crippen MR) is 94.1 cm³/mol. The molecule has 27 heavy (non-hydrogen) atoms. The van der Waals surface area contributed by atoms with Crippen LogP contribution in [0.15, 0.2) is 42.5 Å². The summed E-state index contributed by atoms with van der Waals surface area (Å²) in [6, 6.07) is 12.0. The molecule has 10 nitrogen and oxygen atoms in total. The van der Waals surface area contributed by atoms with Gasteiger partial charge in [-0.2, -0.15) is 4.68 Å². The second-order valence-corrected chi connectivity index (χ2v) is 5.58. The molecular formula is C17H16N6O4. The molecule has 1 aliphatic rings. The Morgan fingerprint density at radius 1 is 1.19 bits per heavy atom. The van der Waals surface area contributed by atoms with Crippen molar-refractivity contribution in [3.05, 3.63) is 48.3 Å². The number of rotatable bonds is 5. The van der Waals surface area contributed by atoms with Gasteiger partial charge < -0.3 is 24.8 Å². The molecule has 2 heterocycles. The Balaban J connectivity index is 1.39. The van der Waals surface area contributed by atoms with Crippen LogP contribution in [0.5, 0.6) is 17.2 Å². The van der Waals surface area contributed by atoms with E-state index in [-0.39, 0.29) is 13.3 Å². The van der Waals surface area contributed by atoms with Gasteiger partial charge in [-0.25, -0.2) is 4.79 Å². The van der Waals surface area contributed by atoms with Crippen LogP contribution in [0, 0.1) is 0 Å². The Kier molecular flexibility index (Phi) is 4.44. The SMILES string of the molecule is COc1ccc(-n2nnnc2CNC(=O)Nc2ccc3c(c2)OCO3)cc1. The highest BCUT2D eigenvalue weighted by Crippen LogP contribution is 2.34. The minimum absolute atomic E-state index is 0.148. The molecule has 10 heteroatoms. The molecule has 0 unspecified atom stereocenters. The third-order valence-electron chi connectivity index (χ3n) is 3.89. The van der Waals surface area contributed by atoms with Crippen LogP contribution < -0.4 is 24.8 Å². The Morgan fingerprint density at radius 2 is 2.00 bits per heavy atom. The van der Waals surface area contributed by atoms with Crippen molar-refractivity contribution >= 4 is 11.7 Å². The predicted octanol–water partition coefficient (Wildman–Crippen LogP) is 1.72. The van der Waals surface area contributed by atoms with Crippen LogP contribution in [0.25, 0.3) is 5.69 Å². The van der Waals surface area contributed by atoms with Crippen molar-refractivity contribution in [3.63, 3.8) is 0 Å². The van der Waals surface area contributed by atoms with E-state index in [4.69, 9.17) is 14.2 Å². The Morgan fingerprint density at radius 3 is 2.81 bits per heavy atom. The number of anilines is 1. The number of benzene rings is 2. The minimum atomic E-state index is -0.391. The van der Waals surface area contributed by atoms with Crippen molar-refractivity contribution in [1.29, 1.82) is 0 Å². The number of hydrogen-bond acceptors (Lipinski definition) is 7. The van der Waals surface area contributed by atoms with Crippen LogP contribution in [-0.4, -0.2) is 40.1 Å². The van der Waals surface area contributed by atoms with Gasteiger partial charge in [0.2, 0.25) is 6.79 Å². The maximum atomic E-state index is 12.2. The number of fused-ring (bicyclic) bond motifs is 1. The van der Waals surface area contributed by atoms with E-state index in [9.17, 15) is 4.79 Å². The standard InChI is InChI=1S/C17H16N6O4/c1-25-13-5-3-12(4-6-13)23-16(20-21-22-23)9-18-17(24)19-11-2-7-14-15(8-11)27-10-26-14/h2-8H,9-10H2,1H3,(H2,18,19,24). The molecule has 2 N–H and O–H groups in total. The van der Waals surface area contributed by atoms with Crippen LogP contribution in [0.3, 0.4) is 0 Å². The van der Waals surface area contributed by atoms with Gasteiger partial charge in [-0.1, -0.05) is 0 Å². The largest absolute Gasteiger partial charge is 0.497 e. The molecule has 0 saturated heterocycles. The second-order valence-electron chi connectivity index (χ2n) is 5.58. The zero-order chi connectivity index (χ0) is 18.6. The number of ether oxygens (including phenoxy) is 3. The summed E-state index contributed by atoms with van der Waals surface area (Å²) in [4.78, 5) is 12.2. The number of carbonyl (C=O) groups is 1. The molecule has 1 aromatic heterocycles. The number of tetrazole rings is 1. The fourth-order valence-electron chi connectivity index (χ4n) is 2.55. The van der Waals surface area contributed by atoms with E-state index in [0.717, 1.165) is 11.4 Å². The maximum absolute atomic E-state index is 12.2. The number of methoxy groups -OCH3 is 1. The molecule has 2 amide bonds. The Hall–Kier alpha value is -3.82. The van der Waals surface area contributed by atoms with Gasteiger partial charge >= 0.3 is 6.03 Å². The van der Waals surface area contributed by atoms with Gasteiger partial charge in [-0.3, -0.25) is 0 Å². The van der Waals surface area contributed by atoms with E-state index >= 15 is 0 Å². The van der Waals surface area contributed by atoms with Gasteiger partial charge in [0.15, 0.2) is 17.3 Å². The summed E-state index contributed by atoms with van der Waals surface area (Å²) in [6.07, 6.45) is 0. The average molecular weight is 368 g/mol. The lowest BCUT2D eigenvalue weighted by Gasteiger charge is -2.09. The molecule has 1 aliphatic heterocycles. The summed E-state index contributed by atoms with van der Waals surface area (Å²) in [7, 11) is 1.60. The van der Waals surface area contributed by atoms with Crippen molar-refractivity contribution in [3.8, 4) is 22.9 Å². The van der Waals surface area contributed by atoms with Crippen molar-refractivity contribution in [2.45, 2.75) is 6.54 Å². The van der Waals surface area contributed by atoms with Gasteiger partial charge in [-0.15, -0.1) is 5.10 Å². The number of nitrogens with one attached hydrogen (secondary N) is 2.